The SMILES string of the molecule is COc1ccc(C(=O)Nc2c(O)cc(Br)cc2F)cc1C(=O)Nc1c(O)cc(Br)cc1F. The molecule has 0 saturated heterocycles. The van der Waals surface area contributed by atoms with E-state index in [0.717, 1.165) is 18.2 Å². The molecule has 0 heterocycles. The number of hydrogen-bond donors (Lipinski definition) is 4. The van der Waals surface area contributed by atoms with Gasteiger partial charge in [-0.3, -0.25) is 9.59 Å². The van der Waals surface area contributed by atoms with Crippen molar-refractivity contribution in [1.82, 2.24) is 0 Å². The average molecular weight is 572 g/mol. The van der Waals surface area contributed by atoms with Crippen LogP contribution in [-0.4, -0.2) is 29.1 Å². The molecule has 0 radical (unpaired) electrons. The summed E-state index contributed by atoms with van der Waals surface area (Å²) in [5.74, 6) is -4.41. The predicted molar refractivity (Wildman–Crippen MR) is 120 cm³/mol. The lowest BCUT2D eigenvalue weighted by Gasteiger charge is -2.13. The third kappa shape index (κ3) is 5.00. The van der Waals surface area contributed by atoms with Gasteiger partial charge in [-0.1, -0.05) is 31.9 Å². The number of phenolic OH excluding ortho intramolecular Hbond substituents is 2. The average Bonchev–Trinajstić information content (AvgIpc) is 2.72. The van der Waals surface area contributed by atoms with Crippen LogP contribution in [0.1, 0.15) is 20.7 Å². The van der Waals surface area contributed by atoms with E-state index in [1.54, 1.807) is 0 Å². The topological polar surface area (TPSA) is 108 Å². The minimum absolute atomic E-state index is 0.0636. The molecular formula is C21H14Br2F2N2O5. The minimum atomic E-state index is -0.890. The molecule has 4 N–H and O–H groups in total. The first-order valence-corrected chi connectivity index (χ1v) is 10.4. The highest BCUT2D eigenvalue weighted by atomic mass is 79.9. The molecule has 3 aromatic carbocycles. The molecule has 0 aliphatic carbocycles. The molecular weight excluding hydrogens is 558 g/mol. The molecule has 0 aliphatic rings. The summed E-state index contributed by atoms with van der Waals surface area (Å²) in [6.45, 7) is 0. The van der Waals surface area contributed by atoms with Crippen LogP contribution in [0.25, 0.3) is 0 Å². The number of hydrogen-bond acceptors (Lipinski definition) is 5. The Morgan fingerprint density at radius 2 is 1.34 bits per heavy atom. The van der Waals surface area contributed by atoms with E-state index in [1.165, 1.54) is 31.4 Å². The van der Waals surface area contributed by atoms with Crippen LogP contribution >= 0.6 is 31.9 Å². The monoisotopic (exact) mass is 570 g/mol. The van der Waals surface area contributed by atoms with E-state index in [0.29, 0.717) is 0 Å². The van der Waals surface area contributed by atoms with Gasteiger partial charge in [0.25, 0.3) is 11.8 Å². The molecule has 0 fully saturated rings. The smallest absolute Gasteiger partial charge is 0.259 e. The van der Waals surface area contributed by atoms with E-state index in [1.807, 2.05) is 0 Å². The van der Waals surface area contributed by atoms with Gasteiger partial charge in [0.05, 0.1) is 12.7 Å². The molecule has 11 heteroatoms. The van der Waals surface area contributed by atoms with Crippen LogP contribution in [0.2, 0.25) is 0 Å². The largest absolute Gasteiger partial charge is 0.506 e. The lowest BCUT2D eigenvalue weighted by Crippen LogP contribution is -2.17. The number of aromatic hydroxyl groups is 2. The molecule has 7 nitrogen and oxygen atoms in total. The van der Waals surface area contributed by atoms with Gasteiger partial charge < -0.3 is 25.6 Å². The Morgan fingerprint density at radius 3 is 1.81 bits per heavy atom. The molecule has 0 bridgehead atoms. The summed E-state index contributed by atoms with van der Waals surface area (Å²) in [4.78, 5) is 25.3. The maximum Gasteiger partial charge on any atom is 0.259 e. The molecule has 0 aromatic heterocycles. The second-order valence-corrected chi connectivity index (χ2v) is 8.22. The van der Waals surface area contributed by atoms with E-state index in [2.05, 4.69) is 42.5 Å². The number of rotatable bonds is 5. The molecule has 2 amide bonds. The summed E-state index contributed by atoms with van der Waals surface area (Å²) in [5, 5.41) is 24.3. The summed E-state index contributed by atoms with van der Waals surface area (Å²) < 4.78 is 33.9. The number of amides is 2. The van der Waals surface area contributed by atoms with Crippen molar-refractivity contribution in [1.29, 1.82) is 0 Å². The van der Waals surface area contributed by atoms with Crippen LogP contribution in [0, 0.1) is 11.6 Å². The minimum Gasteiger partial charge on any atom is -0.506 e. The van der Waals surface area contributed by atoms with Crippen LogP contribution in [0.4, 0.5) is 20.2 Å². The summed E-state index contributed by atoms with van der Waals surface area (Å²) in [6, 6.07) is 8.28. The van der Waals surface area contributed by atoms with Crippen molar-refractivity contribution in [2.45, 2.75) is 0 Å². The van der Waals surface area contributed by atoms with Crippen LogP contribution < -0.4 is 15.4 Å². The Bertz CT molecular complexity index is 1190. The third-order valence-corrected chi connectivity index (χ3v) is 5.17. The summed E-state index contributed by atoms with van der Waals surface area (Å²) >= 11 is 6.05. The molecule has 0 saturated carbocycles. The number of ether oxygens (including phenoxy) is 1. The maximum absolute atomic E-state index is 14.2. The number of carbonyl (C=O) groups excluding carboxylic acids is 2. The zero-order valence-electron chi connectivity index (χ0n) is 16.2. The third-order valence-electron chi connectivity index (χ3n) is 4.25. The molecule has 0 atom stereocenters. The molecule has 0 unspecified atom stereocenters. The molecule has 3 rings (SSSR count). The maximum atomic E-state index is 14.2. The van der Waals surface area contributed by atoms with E-state index in [9.17, 15) is 28.6 Å². The van der Waals surface area contributed by atoms with E-state index < -0.39 is 46.3 Å². The van der Waals surface area contributed by atoms with Gasteiger partial charge in [0.2, 0.25) is 0 Å². The normalized spacial score (nSPS) is 10.5. The fourth-order valence-electron chi connectivity index (χ4n) is 2.76. The second kappa shape index (κ2) is 9.53. The van der Waals surface area contributed by atoms with Crippen molar-refractivity contribution in [2.75, 3.05) is 17.7 Å². The Kier molecular flexibility index (Phi) is 6.99. The van der Waals surface area contributed by atoms with E-state index >= 15 is 0 Å². The number of carbonyl (C=O) groups is 2. The Balaban J connectivity index is 1.92. The highest BCUT2D eigenvalue weighted by molar-refractivity contribution is 9.10. The molecule has 3 aromatic rings. The van der Waals surface area contributed by atoms with Crippen LogP contribution in [-0.2, 0) is 0 Å². The number of anilines is 2. The molecule has 32 heavy (non-hydrogen) atoms. The predicted octanol–water partition coefficient (Wildman–Crippen LogP) is 5.41. The van der Waals surface area contributed by atoms with Gasteiger partial charge in [0.15, 0.2) is 11.6 Å². The Hall–Kier alpha value is -3.18. The number of halogens is 4. The van der Waals surface area contributed by atoms with Gasteiger partial charge in [-0.2, -0.15) is 0 Å². The zero-order valence-corrected chi connectivity index (χ0v) is 19.3. The van der Waals surface area contributed by atoms with Crippen molar-refractivity contribution in [3.05, 3.63) is 74.2 Å². The van der Waals surface area contributed by atoms with Gasteiger partial charge >= 0.3 is 0 Å². The van der Waals surface area contributed by atoms with Crippen LogP contribution in [0.5, 0.6) is 17.2 Å². The fraction of sp³-hybridized carbons (Fsp3) is 0.0476. The number of benzene rings is 3. The molecule has 166 valence electrons. The van der Waals surface area contributed by atoms with E-state index in [-0.39, 0.29) is 25.8 Å². The first-order valence-electron chi connectivity index (χ1n) is 8.77. The number of methoxy groups -OCH3 is 1. The first kappa shape index (κ1) is 23.5. The van der Waals surface area contributed by atoms with Crippen LogP contribution in [0.3, 0.4) is 0 Å². The van der Waals surface area contributed by atoms with Gasteiger partial charge in [0.1, 0.15) is 28.6 Å². The lowest BCUT2D eigenvalue weighted by atomic mass is 10.1. The first-order chi connectivity index (χ1) is 15.1. The van der Waals surface area contributed by atoms with E-state index in [4.69, 9.17) is 4.74 Å². The highest BCUT2D eigenvalue weighted by Crippen LogP contribution is 2.33. The van der Waals surface area contributed by atoms with Crippen molar-refractivity contribution in [2.24, 2.45) is 0 Å². The van der Waals surface area contributed by atoms with Crippen molar-refractivity contribution in [3.63, 3.8) is 0 Å². The molecule has 0 spiro atoms. The summed E-state index contributed by atoms with van der Waals surface area (Å²) in [7, 11) is 1.29. The van der Waals surface area contributed by atoms with Gasteiger partial charge in [-0.25, -0.2) is 8.78 Å². The zero-order chi connectivity index (χ0) is 23.6. The van der Waals surface area contributed by atoms with Crippen molar-refractivity contribution < 1.29 is 33.3 Å². The van der Waals surface area contributed by atoms with Gasteiger partial charge in [0, 0.05) is 14.5 Å². The Labute approximate surface area is 197 Å². The van der Waals surface area contributed by atoms with Gasteiger partial charge in [-0.15, -0.1) is 0 Å². The van der Waals surface area contributed by atoms with Crippen molar-refractivity contribution in [3.8, 4) is 17.2 Å². The standard InChI is InChI=1S/C21H14Br2F2N2O5/c1-32-17-3-2-9(20(30)26-18-13(24)5-10(22)7-15(18)28)4-12(17)21(31)27-19-14(25)6-11(23)8-16(19)29/h2-8,28-29H,1H3,(H,26,30)(H,27,31). The fourth-order valence-corrected chi connectivity index (χ4v) is 3.60. The van der Waals surface area contributed by atoms with Crippen molar-refractivity contribution >= 4 is 55.0 Å². The number of nitrogens with one attached hydrogen (secondary N) is 2. The summed E-state index contributed by atoms with van der Waals surface area (Å²) in [6.07, 6.45) is 0. The van der Waals surface area contributed by atoms with Gasteiger partial charge in [-0.05, 0) is 42.5 Å². The highest BCUT2D eigenvalue weighted by Gasteiger charge is 2.21. The quantitative estimate of drug-likeness (QED) is 0.306. The summed E-state index contributed by atoms with van der Waals surface area (Å²) in [5.41, 5.74) is -1.13. The second-order valence-electron chi connectivity index (χ2n) is 6.39. The number of phenols is 2. The Morgan fingerprint density at radius 1 is 0.844 bits per heavy atom. The lowest BCUT2D eigenvalue weighted by molar-refractivity contribution is 0.102. The van der Waals surface area contributed by atoms with Crippen LogP contribution in [0.15, 0.2) is 51.4 Å². The molecule has 0 aliphatic heterocycles.